The molecule has 0 atom stereocenters. The number of rotatable bonds is 3. The van der Waals surface area contributed by atoms with Crippen molar-refractivity contribution >= 4 is 22.9 Å². The summed E-state index contributed by atoms with van der Waals surface area (Å²) in [4.78, 5) is 16.6. The average Bonchev–Trinajstić information content (AvgIpc) is 2.55. The van der Waals surface area contributed by atoms with Crippen molar-refractivity contribution in [2.45, 2.75) is 0 Å². The monoisotopic (exact) mass is 279 g/mol. The highest BCUT2D eigenvalue weighted by molar-refractivity contribution is 5.87. The smallest absolute Gasteiger partial charge is 0.201 e. The molecule has 21 heavy (non-hydrogen) atoms. The van der Waals surface area contributed by atoms with Crippen molar-refractivity contribution in [3.63, 3.8) is 0 Å². The van der Waals surface area contributed by atoms with Gasteiger partial charge in [0.2, 0.25) is 5.43 Å². The topological polar surface area (TPSA) is 51.8 Å². The molecule has 0 N–H and O–H groups in total. The predicted molar refractivity (Wildman–Crippen MR) is 82.7 cm³/mol. The molecule has 1 aromatic heterocycles. The number of hydrogen-bond donors (Lipinski definition) is 0. The van der Waals surface area contributed by atoms with Crippen molar-refractivity contribution in [2.75, 3.05) is 7.11 Å². The molecular formula is C17H13NO3. The van der Waals surface area contributed by atoms with E-state index in [1.807, 2.05) is 36.4 Å². The zero-order chi connectivity index (χ0) is 14.7. The maximum Gasteiger partial charge on any atom is 0.201 e. The van der Waals surface area contributed by atoms with E-state index in [9.17, 15) is 4.79 Å². The molecule has 3 rings (SSSR count). The molecule has 3 aromatic rings. The molecule has 1 heterocycles. The quantitative estimate of drug-likeness (QED) is 0.689. The van der Waals surface area contributed by atoms with Crippen LogP contribution in [0.3, 0.4) is 0 Å². The average molecular weight is 279 g/mol. The SMILES string of the molecule is COc1ccc(N=Cc2coc3ccccc3c2=O)cc1. The van der Waals surface area contributed by atoms with Crippen molar-refractivity contribution in [1.82, 2.24) is 0 Å². The summed E-state index contributed by atoms with van der Waals surface area (Å²) in [5.41, 5.74) is 1.64. The highest BCUT2D eigenvalue weighted by Crippen LogP contribution is 2.17. The Morgan fingerprint density at radius 3 is 2.62 bits per heavy atom. The Balaban J connectivity index is 1.95. The van der Waals surface area contributed by atoms with E-state index in [0.29, 0.717) is 16.5 Å². The van der Waals surface area contributed by atoms with Gasteiger partial charge in [0, 0.05) is 6.21 Å². The zero-order valence-electron chi connectivity index (χ0n) is 11.4. The Labute approximate surface area is 121 Å². The van der Waals surface area contributed by atoms with Gasteiger partial charge >= 0.3 is 0 Å². The third-order valence-corrected chi connectivity index (χ3v) is 3.13. The van der Waals surface area contributed by atoms with Gasteiger partial charge in [-0.2, -0.15) is 0 Å². The van der Waals surface area contributed by atoms with Gasteiger partial charge in [0.15, 0.2) is 0 Å². The number of nitrogens with zero attached hydrogens (tertiary/aromatic N) is 1. The fraction of sp³-hybridized carbons (Fsp3) is 0.0588. The molecule has 4 nitrogen and oxygen atoms in total. The van der Waals surface area contributed by atoms with Crippen LogP contribution in [0.5, 0.6) is 5.75 Å². The Hall–Kier alpha value is -2.88. The van der Waals surface area contributed by atoms with Crippen LogP contribution >= 0.6 is 0 Å². The Morgan fingerprint density at radius 1 is 1.10 bits per heavy atom. The van der Waals surface area contributed by atoms with E-state index in [1.165, 1.54) is 12.5 Å². The molecule has 0 aliphatic rings. The van der Waals surface area contributed by atoms with E-state index in [1.54, 1.807) is 19.2 Å². The van der Waals surface area contributed by atoms with Crippen LogP contribution in [0.2, 0.25) is 0 Å². The minimum absolute atomic E-state index is 0.0888. The van der Waals surface area contributed by atoms with Crippen LogP contribution in [0.1, 0.15) is 5.56 Å². The molecule has 4 heteroatoms. The fourth-order valence-corrected chi connectivity index (χ4v) is 1.99. The van der Waals surface area contributed by atoms with Crippen LogP contribution in [0.4, 0.5) is 5.69 Å². The second kappa shape index (κ2) is 5.63. The summed E-state index contributed by atoms with van der Waals surface area (Å²) in [6.07, 6.45) is 2.94. The van der Waals surface area contributed by atoms with E-state index in [2.05, 4.69) is 4.99 Å². The minimum Gasteiger partial charge on any atom is -0.497 e. The first kappa shape index (κ1) is 13.1. The van der Waals surface area contributed by atoms with Crippen LogP contribution in [0, 0.1) is 0 Å². The summed E-state index contributed by atoms with van der Waals surface area (Å²) in [5.74, 6) is 0.763. The van der Waals surface area contributed by atoms with E-state index < -0.39 is 0 Å². The summed E-state index contributed by atoms with van der Waals surface area (Å²) >= 11 is 0. The first-order valence-corrected chi connectivity index (χ1v) is 6.46. The summed E-state index contributed by atoms with van der Waals surface area (Å²) < 4.78 is 10.5. The number of methoxy groups -OCH3 is 1. The number of para-hydroxylation sites is 1. The zero-order valence-corrected chi connectivity index (χ0v) is 11.4. The summed E-state index contributed by atoms with van der Waals surface area (Å²) in [6, 6.07) is 14.4. The largest absolute Gasteiger partial charge is 0.497 e. The predicted octanol–water partition coefficient (Wildman–Crippen LogP) is 3.55. The van der Waals surface area contributed by atoms with Crippen LogP contribution in [-0.2, 0) is 0 Å². The lowest BCUT2D eigenvalue weighted by Crippen LogP contribution is -2.07. The van der Waals surface area contributed by atoms with Crippen LogP contribution in [0.15, 0.2) is 69.0 Å². The van der Waals surface area contributed by atoms with Gasteiger partial charge in [-0.25, -0.2) is 0 Å². The molecule has 0 aliphatic carbocycles. The fourth-order valence-electron chi connectivity index (χ4n) is 1.99. The first-order valence-electron chi connectivity index (χ1n) is 6.46. The van der Waals surface area contributed by atoms with E-state index in [-0.39, 0.29) is 5.43 Å². The highest BCUT2D eigenvalue weighted by Gasteiger charge is 2.04. The summed E-state index contributed by atoms with van der Waals surface area (Å²) in [7, 11) is 1.61. The molecule has 104 valence electrons. The lowest BCUT2D eigenvalue weighted by molar-refractivity contribution is 0.415. The van der Waals surface area contributed by atoms with Gasteiger partial charge in [-0.15, -0.1) is 0 Å². The van der Waals surface area contributed by atoms with Crippen molar-refractivity contribution in [3.8, 4) is 5.75 Å². The van der Waals surface area contributed by atoms with Crippen molar-refractivity contribution in [1.29, 1.82) is 0 Å². The van der Waals surface area contributed by atoms with Gasteiger partial charge in [-0.3, -0.25) is 9.79 Å². The van der Waals surface area contributed by atoms with Crippen molar-refractivity contribution in [3.05, 3.63) is 70.6 Å². The first-order chi connectivity index (χ1) is 10.3. The Kier molecular flexibility index (Phi) is 3.51. The van der Waals surface area contributed by atoms with E-state index >= 15 is 0 Å². The summed E-state index contributed by atoms with van der Waals surface area (Å²) in [5, 5.41) is 0.552. The number of fused-ring (bicyclic) bond motifs is 1. The van der Waals surface area contributed by atoms with E-state index in [0.717, 1.165) is 11.4 Å². The summed E-state index contributed by atoms with van der Waals surface area (Å²) in [6.45, 7) is 0. The number of ether oxygens (including phenoxy) is 1. The normalized spacial score (nSPS) is 11.1. The standard InChI is InChI=1S/C17H13NO3/c1-20-14-8-6-13(7-9-14)18-10-12-11-21-16-5-3-2-4-15(16)17(12)19/h2-11H,1H3. The van der Waals surface area contributed by atoms with Gasteiger partial charge in [-0.1, -0.05) is 12.1 Å². The van der Waals surface area contributed by atoms with Crippen LogP contribution in [-0.4, -0.2) is 13.3 Å². The second-order valence-electron chi connectivity index (χ2n) is 4.47. The van der Waals surface area contributed by atoms with Crippen molar-refractivity contribution in [2.24, 2.45) is 4.99 Å². The molecular weight excluding hydrogens is 266 g/mol. The van der Waals surface area contributed by atoms with Gasteiger partial charge in [0.05, 0.1) is 23.7 Å². The van der Waals surface area contributed by atoms with Crippen LogP contribution in [0.25, 0.3) is 11.0 Å². The third-order valence-electron chi connectivity index (χ3n) is 3.13. The van der Waals surface area contributed by atoms with Crippen LogP contribution < -0.4 is 10.2 Å². The van der Waals surface area contributed by atoms with Gasteiger partial charge in [0.25, 0.3) is 0 Å². The molecule has 0 radical (unpaired) electrons. The van der Waals surface area contributed by atoms with Gasteiger partial charge in [-0.05, 0) is 36.4 Å². The number of benzene rings is 2. The molecule has 0 bridgehead atoms. The van der Waals surface area contributed by atoms with E-state index in [4.69, 9.17) is 9.15 Å². The minimum atomic E-state index is -0.0888. The molecule has 0 spiro atoms. The maximum atomic E-state index is 12.3. The Bertz CT molecular complexity index is 848. The molecule has 0 amide bonds. The lowest BCUT2D eigenvalue weighted by Gasteiger charge is -1.99. The van der Waals surface area contributed by atoms with Gasteiger partial charge < -0.3 is 9.15 Å². The molecule has 0 unspecified atom stereocenters. The molecule has 0 saturated heterocycles. The number of hydrogen-bond acceptors (Lipinski definition) is 4. The lowest BCUT2D eigenvalue weighted by atomic mass is 10.2. The molecule has 2 aromatic carbocycles. The highest BCUT2D eigenvalue weighted by atomic mass is 16.5. The molecule has 0 fully saturated rings. The Morgan fingerprint density at radius 2 is 1.86 bits per heavy atom. The molecule has 0 aliphatic heterocycles. The van der Waals surface area contributed by atoms with Crippen molar-refractivity contribution < 1.29 is 9.15 Å². The number of aliphatic imine (C=N–C) groups is 1. The second-order valence-corrected chi connectivity index (χ2v) is 4.47. The third kappa shape index (κ3) is 2.69. The van der Waals surface area contributed by atoms with Gasteiger partial charge in [0.1, 0.15) is 17.6 Å². The maximum absolute atomic E-state index is 12.3. The molecule has 0 saturated carbocycles.